The standard InChI is InChI=1S/C20H17FN2O/c1-2-14-3-10-18(11-4-14)23-20(24)16-7-12-19(22-13-16)15-5-8-17(21)9-6-15/h3-13H,2H2,1H3,(H,23,24). The molecule has 0 atom stereocenters. The molecule has 120 valence electrons. The predicted molar refractivity (Wildman–Crippen MR) is 93.4 cm³/mol. The van der Waals surface area contributed by atoms with Gasteiger partial charge in [0, 0.05) is 17.4 Å². The number of nitrogens with zero attached hydrogens (tertiary/aromatic N) is 1. The lowest BCUT2D eigenvalue weighted by Gasteiger charge is -2.07. The van der Waals surface area contributed by atoms with Crippen LogP contribution in [-0.2, 0) is 6.42 Å². The Morgan fingerprint density at radius 3 is 2.29 bits per heavy atom. The van der Waals surface area contributed by atoms with Crippen LogP contribution in [0.3, 0.4) is 0 Å². The number of pyridine rings is 1. The zero-order chi connectivity index (χ0) is 16.9. The van der Waals surface area contributed by atoms with Crippen molar-refractivity contribution in [1.29, 1.82) is 0 Å². The second kappa shape index (κ2) is 7.04. The van der Waals surface area contributed by atoms with Crippen LogP contribution in [0.5, 0.6) is 0 Å². The molecule has 0 aliphatic heterocycles. The largest absolute Gasteiger partial charge is 0.322 e. The number of aryl methyl sites for hydroxylation is 1. The predicted octanol–water partition coefficient (Wildman–Crippen LogP) is 4.70. The first-order valence-corrected chi connectivity index (χ1v) is 7.78. The molecule has 3 aromatic rings. The molecule has 0 aliphatic rings. The second-order valence-corrected chi connectivity index (χ2v) is 5.44. The van der Waals surface area contributed by atoms with Crippen molar-refractivity contribution in [2.75, 3.05) is 5.32 Å². The Balaban J connectivity index is 1.72. The van der Waals surface area contributed by atoms with Crippen molar-refractivity contribution in [2.24, 2.45) is 0 Å². The fraction of sp³-hybridized carbons (Fsp3) is 0.100. The molecule has 3 rings (SSSR count). The fourth-order valence-electron chi connectivity index (χ4n) is 2.35. The van der Waals surface area contributed by atoms with Gasteiger partial charge in [0.25, 0.3) is 5.91 Å². The van der Waals surface area contributed by atoms with Crippen molar-refractivity contribution in [3.8, 4) is 11.3 Å². The Bertz CT molecular complexity index is 825. The van der Waals surface area contributed by atoms with E-state index in [0.717, 1.165) is 17.7 Å². The highest BCUT2D eigenvalue weighted by Gasteiger charge is 2.08. The van der Waals surface area contributed by atoms with Gasteiger partial charge in [-0.2, -0.15) is 0 Å². The molecule has 0 fully saturated rings. The van der Waals surface area contributed by atoms with Crippen LogP contribution in [0.2, 0.25) is 0 Å². The molecule has 2 aromatic carbocycles. The van der Waals surface area contributed by atoms with Gasteiger partial charge in [-0.3, -0.25) is 9.78 Å². The number of amides is 1. The third-order valence-electron chi connectivity index (χ3n) is 3.79. The van der Waals surface area contributed by atoms with Crippen molar-refractivity contribution in [3.05, 3.63) is 83.8 Å². The second-order valence-electron chi connectivity index (χ2n) is 5.44. The molecule has 0 aliphatic carbocycles. The van der Waals surface area contributed by atoms with Gasteiger partial charge in [-0.1, -0.05) is 19.1 Å². The lowest BCUT2D eigenvalue weighted by molar-refractivity contribution is 0.102. The lowest BCUT2D eigenvalue weighted by atomic mass is 10.1. The van der Waals surface area contributed by atoms with Crippen LogP contribution in [-0.4, -0.2) is 10.9 Å². The maximum Gasteiger partial charge on any atom is 0.257 e. The van der Waals surface area contributed by atoms with E-state index in [1.54, 1.807) is 24.3 Å². The van der Waals surface area contributed by atoms with Gasteiger partial charge in [-0.05, 0) is 60.5 Å². The number of aromatic nitrogens is 1. The third-order valence-corrected chi connectivity index (χ3v) is 3.79. The van der Waals surface area contributed by atoms with Gasteiger partial charge < -0.3 is 5.32 Å². The van der Waals surface area contributed by atoms with Crippen LogP contribution >= 0.6 is 0 Å². The molecular weight excluding hydrogens is 303 g/mol. The summed E-state index contributed by atoms with van der Waals surface area (Å²) in [4.78, 5) is 16.5. The Morgan fingerprint density at radius 1 is 1.00 bits per heavy atom. The molecule has 0 saturated carbocycles. The average Bonchev–Trinajstić information content (AvgIpc) is 2.63. The van der Waals surface area contributed by atoms with Gasteiger partial charge in [0.2, 0.25) is 0 Å². The molecule has 4 heteroatoms. The van der Waals surface area contributed by atoms with E-state index in [1.165, 1.54) is 23.9 Å². The van der Waals surface area contributed by atoms with Crippen molar-refractivity contribution in [2.45, 2.75) is 13.3 Å². The molecule has 1 aromatic heterocycles. The van der Waals surface area contributed by atoms with Crippen molar-refractivity contribution >= 4 is 11.6 Å². The molecule has 0 saturated heterocycles. The average molecular weight is 320 g/mol. The molecule has 0 unspecified atom stereocenters. The van der Waals surface area contributed by atoms with Gasteiger partial charge in [0.15, 0.2) is 0 Å². The van der Waals surface area contributed by atoms with Crippen molar-refractivity contribution in [1.82, 2.24) is 4.98 Å². The minimum Gasteiger partial charge on any atom is -0.322 e. The number of rotatable bonds is 4. The highest BCUT2D eigenvalue weighted by molar-refractivity contribution is 6.04. The molecule has 0 spiro atoms. The fourth-order valence-corrected chi connectivity index (χ4v) is 2.35. The van der Waals surface area contributed by atoms with E-state index in [0.29, 0.717) is 11.3 Å². The Morgan fingerprint density at radius 2 is 1.71 bits per heavy atom. The number of carbonyl (C=O) groups excluding carboxylic acids is 1. The number of benzene rings is 2. The van der Waals surface area contributed by atoms with E-state index < -0.39 is 0 Å². The van der Waals surface area contributed by atoms with Gasteiger partial charge in [0.05, 0.1) is 11.3 Å². The first-order chi connectivity index (χ1) is 11.7. The quantitative estimate of drug-likeness (QED) is 0.757. The third kappa shape index (κ3) is 3.66. The zero-order valence-electron chi connectivity index (χ0n) is 13.3. The van der Waals surface area contributed by atoms with Crippen LogP contribution in [0.15, 0.2) is 66.9 Å². The highest BCUT2D eigenvalue weighted by Crippen LogP contribution is 2.18. The first kappa shape index (κ1) is 15.9. The number of halogens is 1. The summed E-state index contributed by atoms with van der Waals surface area (Å²) in [6, 6.07) is 17.3. The van der Waals surface area contributed by atoms with Crippen LogP contribution < -0.4 is 5.32 Å². The number of hydrogen-bond donors (Lipinski definition) is 1. The minimum atomic E-state index is -0.288. The number of carbonyl (C=O) groups is 1. The molecular formula is C20H17FN2O. The van der Waals surface area contributed by atoms with Gasteiger partial charge >= 0.3 is 0 Å². The summed E-state index contributed by atoms with van der Waals surface area (Å²) < 4.78 is 13.0. The van der Waals surface area contributed by atoms with E-state index in [-0.39, 0.29) is 11.7 Å². The van der Waals surface area contributed by atoms with Crippen molar-refractivity contribution in [3.63, 3.8) is 0 Å². The SMILES string of the molecule is CCc1ccc(NC(=O)c2ccc(-c3ccc(F)cc3)nc2)cc1. The van der Waals surface area contributed by atoms with E-state index in [9.17, 15) is 9.18 Å². The normalized spacial score (nSPS) is 10.4. The first-order valence-electron chi connectivity index (χ1n) is 7.78. The zero-order valence-corrected chi connectivity index (χ0v) is 13.3. The van der Waals surface area contributed by atoms with Crippen LogP contribution in [0.4, 0.5) is 10.1 Å². The van der Waals surface area contributed by atoms with Crippen LogP contribution in [0.1, 0.15) is 22.8 Å². The van der Waals surface area contributed by atoms with E-state index in [4.69, 9.17) is 0 Å². The van der Waals surface area contributed by atoms with E-state index in [2.05, 4.69) is 17.2 Å². The van der Waals surface area contributed by atoms with Crippen LogP contribution in [0.25, 0.3) is 11.3 Å². The summed E-state index contributed by atoms with van der Waals surface area (Å²) in [6.45, 7) is 2.09. The van der Waals surface area contributed by atoms with Gasteiger partial charge in [-0.15, -0.1) is 0 Å². The summed E-state index contributed by atoms with van der Waals surface area (Å²) in [5, 5.41) is 2.85. The van der Waals surface area contributed by atoms with Crippen molar-refractivity contribution < 1.29 is 9.18 Å². The molecule has 3 nitrogen and oxygen atoms in total. The minimum absolute atomic E-state index is 0.211. The summed E-state index contributed by atoms with van der Waals surface area (Å²) in [7, 11) is 0. The molecule has 1 heterocycles. The summed E-state index contributed by atoms with van der Waals surface area (Å²) in [5.74, 6) is -0.499. The topological polar surface area (TPSA) is 42.0 Å². The van der Waals surface area contributed by atoms with E-state index >= 15 is 0 Å². The molecule has 1 N–H and O–H groups in total. The molecule has 1 amide bonds. The maximum atomic E-state index is 13.0. The number of anilines is 1. The van der Waals surface area contributed by atoms with Gasteiger partial charge in [0.1, 0.15) is 5.82 Å². The molecule has 0 bridgehead atoms. The van der Waals surface area contributed by atoms with Crippen LogP contribution in [0, 0.1) is 5.82 Å². The Hall–Kier alpha value is -3.01. The summed E-state index contributed by atoms with van der Waals surface area (Å²) >= 11 is 0. The maximum absolute atomic E-state index is 13.0. The summed E-state index contributed by atoms with van der Waals surface area (Å²) in [6.07, 6.45) is 2.48. The van der Waals surface area contributed by atoms with Gasteiger partial charge in [-0.25, -0.2) is 4.39 Å². The smallest absolute Gasteiger partial charge is 0.257 e. The summed E-state index contributed by atoms with van der Waals surface area (Å²) in [5.41, 5.74) is 3.94. The molecule has 24 heavy (non-hydrogen) atoms. The Kier molecular flexibility index (Phi) is 4.66. The number of hydrogen-bond acceptors (Lipinski definition) is 2. The highest BCUT2D eigenvalue weighted by atomic mass is 19.1. The Labute approximate surface area is 140 Å². The monoisotopic (exact) mass is 320 g/mol. The lowest BCUT2D eigenvalue weighted by Crippen LogP contribution is -2.12. The van der Waals surface area contributed by atoms with E-state index in [1.807, 2.05) is 24.3 Å². The number of nitrogens with one attached hydrogen (secondary N) is 1. The molecule has 0 radical (unpaired) electrons.